The van der Waals surface area contributed by atoms with Crippen LogP contribution in [0.2, 0.25) is 0 Å². The summed E-state index contributed by atoms with van der Waals surface area (Å²) in [6, 6.07) is 4.04. The van der Waals surface area contributed by atoms with E-state index in [0.29, 0.717) is 43.1 Å². The number of aromatic nitrogens is 5. The minimum Gasteiger partial charge on any atom is -0.444 e. The van der Waals surface area contributed by atoms with E-state index in [-0.39, 0.29) is 18.0 Å². The molecule has 2 aliphatic rings. The van der Waals surface area contributed by atoms with Gasteiger partial charge in [0.1, 0.15) is 17.0 Å². The number of anilines is 1. The molecule has 0 radical (unpaired) electrons. The Balaban J connectivity index is 1.35. The number of amides is 2. The smallest absolute Gasteiger partial charge is 0.410 e. The molecule has 1 unspecified atom stereocenters. The number of carbonyl (C=O) groups is 2. The summed E-state index contributed by atoms with van der Waals surface area (Å²) in [5.41, 5.74) is 1.65. The highest BCUT2D eigenvalue weighted by molar-refractivity contribution is 6.01. The van der Waals surface area contributed by atoms with Gasteiger partial charge in [0.25, 0.3) is 0 Å². The van der Waals surface area contributed by atoms with Crippen LogP contribution in [0.4, 0.5) is 10.6 Å². The Morgan fingerprint density at radius 1 is 1.14 bits per heavy atom. The van der Waals surface area contributed by atoms with Gasteiger partial charge in [-0.15, -0.1) is 0 Å². The Labute approximate surface area is 202 Å². The van der Waals surface area contributed by atoms with Crippen molar-refractivity contribution in [3.05, 3.63) is 30.9 Å². The predicted octanol–water partition coefficient (Wildman–Crippen LogP) is 3.04. The molecule has 2 fully saturated rings. The largest absolute Gasteiger partial charge is 0.444 e. The van der Waals surface area contributed by atoms with Crippen molar-refractivity contribution in [1.29, 1.82) is 5.26 Å². The molecule has 11 heteroatoms. The van der Waals surface area contributed by atoms with Crippen molar-refractivity contribution < 1.29 is 14.3 Å². The molecular formula is C24H28N8O3. The number of nitrogens with zero attached hydrogens (tertiary/aromatic N) is 8. The highest BCUT2D eigenvalue weighted by atomic mass is 16.6. The molecule has 2 aliphatic heterocycles. The van der Waals surface area contributed by atoms with Crippen LogP contribution in [0.5, 0.6) is 0 Å². The van der Waals surface area contributed by atoms with Crippen LogP contribution in [0, 0.1) is 17.2 Å². The van der Waals surface area contributed by atoms with E-state index in [1.807, 2.05) is 37.8 Å². The van der Waals surface area contributed by atoms with Gasteiger partial charge in [-0.25, -0.2) is 14.3 Å². The van der Waals surface area contributed by atoms with Crippen LogP contribution >= 0.6 is 0 Å². The predicted molar refractivity (Wildman–Crippen MR) is 126 cm³/mol. The van der Waals surface area contributed by atoms with Gasteiger partial charge in [0, 0.05) is 31.4 Å². The third-order valence-corrected chi connectivity index (χ3v) is 6.37. The SMILES string of the molecule is CC(C)(C)OC(=O)N1CCC(n2cc(-c3cn4nccc4c(N4CCC(C#N)C4=O)n3)cn2)CC1. The van der Waals surface area contributed by atoms with Gasteiger partial charge in [-0.05, 0) is 46.1 Å². The molecule has 3 aromatic rings. The first-order valence-corrected chi connectivity index (χ1v) is 11.8. The first-order valence-electron chi connectivity index (χ1n) is 11.8. The maximum atomic E-state index is 12.7. The van der Waals surface area contributed by atoms with Crippen LogP contribution < -0.4 is 4.90 Å². The van der Waals surface area contributed by atoms with Crippen molar-refractivity contribution in [2.45, 2.75) is 51.7 Å². The molecule has 0 spiro atoms. The highest BCUT2D eigenvalue weighted by Gasteiger charge is 2.35. The minimum absolute atomic E-state index is 0.159. The van der Waals surface area contributed by atoms with Gasteiger partial charge in [-0.2, -0.15) is 15.5 Å². The normalized spacial score (nSPS) is 19.4. The molecule has 0 aliphatic carbocycles. The summed E-state index contributed by atoms with van der Waals surface area (Å²) >= 11 is 0. The van der Waals surface area contributed by atoms with Crippen LogP contribution in [0.1, 0.15) is 46.1 Å². The van der Waals surface area contributed by atoms with Crippen LogP contribution in [0.3, 0.4) is 0 Å². The van der Waals surface area contributed by atoms with Crippen LogP contribution in [-0.2, 0) is 9.53 Å². The second kappa shape index (κ2) is 8.69. The Hall–Kier alpha value is -3.94. The number of ether oxygens (including phenoxy) is 1. The van der Waals surface area contributed by atoms with Crippen molar-refractivity contribution in [1.82, 2.24) is 29.3 Å². The molecule has 2 amide bonds. The molecule has 35 heavy (non-hydrogen) atoms. The van der Waals surface area contributed by atoms with Gasteiger partial charge in [0.15, 0.2) is 5.82 Å². The van der Waals surface area contributed by atoms with E-state index < -0.39 is 11.5 Å². The second-order valence-electron chi connectivity index (χ2n) is 9.98. The summed E-state index contributed by atoms with van der Waals surface area (Å²) in [5.74, 6) is -0.369. The fraction of sp³-hybridized carbons (Fsp3) is 0.500. The number of hydrogen-bond acceptors (Lipinski definition) is 7. The lowest BCUT2D eigenvalue weighted by atomic mass is 10.1. The van der Waals surface area contributed by atoms with E-state index in [0.717, 1.165) is 18.4 Å². The Bertz CT molecular complexity index is 1310. The molecule has 0 N–H and O–H groups in total. The van der Waals surface area contributed by atoms with Crippen molar-refractivity contribution in [3.63, 3.8) is 0 Å². The van der Waals surface area contributed by atoms with E-state index in [4.69, 9.17) is 9.72 Å². The molecule has 11 nitrogen and oxygen atoms in total. The zero-order chi connectivity index (χ0) is 24.7. The van der Waals surface area contributed by atoms with E-state index in [1.165, 1.54) is 0 Å². The van der Waals surface area contributed by atoms with E-state index in [1.54, 1.807) is 32.8 Å². The molecule has 5 heterocycles. The summed E-state index contributed by atoms with van der Waals surface area (Å²) in [6.07, 6.45) is 8.93. The third-order valence-electron chi connectivity index (χ3n) is 6.37. The minimum atomic E-state index is -0.641. The van der Waals surface area contributed by atoms with Crippen molar-refractivity contribution in [2.24, 2.45) is 5.92 Å². The lowest BCUT2D eigenvalue weighted by Crippen LogP contribution is -2.42. The van der Waals surface area contributed by atoms with Gasteiger partial charge in [-0.1, -0.05) is 0 Å². The first kappa shape index (κ1) is 22.8. The van der Waals surface area contributed by atoms with Gasteiger partial charge in [0.05, 0.1) is 36.4 Å². The summed E-state index contributed by atoms with van der Waals surface area (Å²) in [4.78, 5) is 33.1. The van der Waals surface area contributed by atoms with Crippen LogP contribution in [-0.4, -0.2) is 66.5 Å². The lowest BCUT2D eigenvalue weighted by Gasteiger charge is -2.33. The molecule has 0 bridgehead atoms. The van der Waals surface area contributed by atoms with Gasteiger partial charge in [-0.3, -0.25) is 14.4 Å². The number of rotatable bonds is 3. The van der Waals surface area contributed by atoms with Gasteiger partial charge in [0.2, 0.25) is 5.91 Å². The van der Waals surface area contributed by atoms with Crippen LogP contribution in [0.25, 0.3) is 16.8 Å². The van der Waals surface area contributed by atoms with Crippen molar-refractivity contribution >= 4 is 23.3 Å². The quantitative estimate of drug-likeness (QED) is 0.569. The standard InChI is InChI=1S/C24H28N8O3/c1-24(2,3)35-23(34)29-9-6-18(7-10-29)31-14-17(13-27-31)19-15-32-20(4-8-26-32)21(28-19)30-11-5-16(12-25)22(30)33/h4,8,13-16,18H,5-7,9-11H2,1-3H3. The summed E-state index contributed by atoms with van der Waals surface area (Å²) in [5, 5.41) is 18.2. The average Bonchev–Trinajstić information content (AvgIpc) is 3.57. The Morgan fingerprint density at radius 2 is 1.91 bits per heavy atom. The first-order chi connectivity index (χ1) is 16.7. The number of nitriles is 1. The number of likely N-dealkylation sites (tertiary alicyclic amines) is 1. The zero-order valence-electron chi connectivity index (χ0n) is 20.1. The molecular weight excluding hydrogens is 448 g/mol. The molecule has 0 saturated carbocycles. The Kier molecular flexibility index (Phi) is 5.67. The van der Waals surface area contributed by atoms with E-state index in [9.17, 15) is 14.9 Å². The van der Waals surface area contributed by atoms with E-state index in [2.05, 4.69) is 16.3 Å². The lowest BCUT2D eigenvalue weighted by molar-refractivity contribution is -0.119. The Morgan fingerprint density at radius 3 is 2.60 bits per heavy atom. The molecule has 1 atom stereocenters. The molecule has 2 saturated heterocycles. The van der Waals surface area contributed by atoms with Gasteiger partial charge < -0.3 is 9.64 Å². The fourth-order valence-corrected chi connectivity index (χ4v) is 4.57. The number of fused-ring (bicyclic) bond motifs is 1. The summed E-state index contributed by atoms with van der Waals surface area (Å²) in [6.45, 7) is 7.25. The number of hydrogen-bond donors (Lipinski definition) is 0. The second-order valence-corrected chi connectivity index (χ2v) is 9.98. The monoisotopic (exact) mass is 476 g/mol. The molecule has 3 aromatic heterocycles. The van der Waals surface area contributed by atoms with E-state index >= 15 is 0 Å². The van der Waals surface area contributed by atoms with Gasteiger partial charge >= 0.3 is 6.09 Å². The molecule has 5 rings (SSSR count). The highest BCUT2D eigenvalue weighted by Crippen LogP contribution is 2.31. The van der Waals surface area contributed by atoms with Crippen LogP contribution in [0.15, 0.2) is 30.9 Å². The summed E-state index contributed by atoms with van der Waals surface area (Å²) < 4.78 is 9.10. The molecule has 182 valence electrons. The van der Waals surface area contributed by atoms with Crippen molar-refractivity contribution in [2.75, 3.05) is 24.5 Å². The maximum absolute atomic E-state index is 12.7. The fourth-order valence-electron chi connectivity index (χ4n) is 4.57. The third kappa shape index (κ3) is 4.43. The maximum Gasteiger partial charge on any atom is 0.410 e. The number of piperidine rings is 1. The summed E-state index contributed by atoms with van der Waals surface area (Å²) in [7, 11) is 0. The number of carbonyl (C=O) groups excluding carboxylic acids is 2. The molecule has 0 aromatic carbocycles. The van der Waals surface area contributed by atoms with Crippen molar-refractivity contribution in [3.8, 4) is 17.3 Å². The average molecular weight is 477 g/mol. The topological polar surface area (TPSA) is 122 Å². The zero-order valence-corrected chi connectivity index (χ0v) is 20.1.